The third-order valence-corrected chi connectivity index (χ3v) is 4.09. The van der Waals surface area contributed by atoms with E-state index in [9.17, 15) is 21.6 Å². The van der Waals surface area contributed by atoms with E-state index < -0.39 is 21.8 Å². The number of nitrogens with zero attached hydrogens (tertiary/aromatic N) is 1. The van der Waals surface area contributed by atoms with Crippen LogP contribution in [0.2, 0.25) is 0 Å². The van der Waals surface area contributed by atoms with Crippen LogP contribution in [-0.4, -0.2) is 13.4 Å². The lowest BCUT2D eigenvalue weighted by Crippen LogP contribution is -2.13. The van der Waals surface area contributed by atoms with E-state index in [2.05, 4.69) is 10.3 Å². The van der Waals surface area contributed by atoms with E-state index in [0.717, 1.165) is 17.8 Å². The minimum absolute atomic E-state index is 0.0129. The maximum absolute atomic E-state index is 12.5. The number of hydrogen-bond donors (Lipinski definition) is 2. The largest absolute Gasteiger partial charge is 0.417 e. The Morgan fingerprint density at radius 3 is 2.17 bits per heavy atom. The Kier molecular flexibility index (Phi) is 4.62. The summed E-state index contributed by atoms with van der Waals surface area (Å²) in [7, 11) is -3.76. The smallest absolute Gasteiger partial charge is 0.364 e. The molecule has 0 saturated heterocycles. The summed E-state index contributed by atoms with van der Waals surface area (Å²) in [6.45, 7) is 1.77. The Morgan fingerprint density at radius 1 is 1.13 bits per heavy atom. The predicted octanol–water partition coefficient (Wildman–Crippen LogP) is 2.92. The summed E-state index contributed by atoms with van der Waals surface area (Å²) in [5.41, 5.74) is -0.0905. The van der Waals surface area contributed by atoms with Crippen LogP contribution >= 0.6 is 0 Å². The lowest BCUT2D eigenvalue weighted by molar-refractivity contribution is -0.137. The minimum Gasteiger partial charge on any atom is -0.364 e. The fourth-order valence-corrected chi connectivity index (χ4v) is 2.41. The number of nitrogens with two attached hydrogens (primary N) is 1. The zero-order valence-electron chi connectivity index (χ0n) is 12.0. The molecule has 5 nitrogen and oxygen atoms in total. The van der Waals surface area contributed by atoms with Crippen molar-refractivity contribution in [1.82, 2.24) is 4.98 Å². The quantitative estimate of drug-likeness (QED) is 0.892. The van der Waals surface area contributed by atoms with E-state index in [-0.39, 0.29) is 16.8 Å². The Bertz CT molecular complexity index is 772. The van der Waals surface area contributed by atoms with Gasteiger partial charge >= 0.3 is 6.18 Å². The molecule has 0 aliphatic rings. The molecule has 0 bridgehead atoms. The van der Waals surface area contributed by atoms with Crippen LogP contribution in [0.5, 0.6) is 0 Å². The molecule has 2 rings (SSSR count). The van der Waals surface area contributed by atoms with Crippen LogP contribution < -0.4 is 10.5 Å². The van der Waals surface area contributed by atoms with Crippen molar-refractivity contribution in [2.45, 2.75) is 24.0 Å². The standard InChI is InChI=1S/C14H14F3N3O2S/c1-9(10-2-5-12(6-3-10)23(18,21)22)20-13-7-4-11(8-19-13)14(15,16)17/h2-9H,1H3,(H,19,20)(H2,18,21,22)/t9-/m0/s1. The number of pyridine rings is 1. The normalized spacial score (nSPS) is 13.6. The van der Waals surface area contributed by atoms with E-state index in [0.29, 0.717) is 0 Å². The zero-order chi connectivity index (χ0) is 17.3. The summed E-state index contributed by atoms with van der Waals surface area (Å²) in [5, 5.41) is 7.95. The van der Waals surface area contributed by atoms with Gasteiger partial charge in [-0.3, -0.25) is 0 Å². The van der Waals surface area contributed by atoms with Crippen LogP contribution in [-0.2, 0) is 16.2 Å². The predicted molar refractivity (Wildman–Crippen MR) is 79.1 cm³/mol. The van der Waals surface area contributed by atoms with Crippen LogP contribution in [0, 0.1) is 0 Å². The first-order valence-electron chi connectivity index (χ1n) is 6.50. The van der Waals surface area contributed by atoms with Crippen LogP contribution in [0.1, 0.15) is 24.1 Å². The highest BCUT2D eigenvalue weighted by Crippen LogP contribution is 2.29. The average molecular weight is 345 g/mol. The summed E-state index contributed by atoms with van der Waals surface area (Å²) >= 11 is 0. The van der Waals surface area contributed by atoms with Crippen LogP contribution in [0.3, 0.4) is 0 Å². The van der Waals surface area contributed by atoms with Crippen molar-refractivity contribution in [1.29, 1.82) is 0 Å². The van der Waals surface area contributed by atoms with Crippen molar-refractivity contribution < 1.29 is 21.6 Å². The lowest BCUT2D eigenvalue weighted by atomic mass is 10.1. The summed E-state index contributed by atoms with van der Waals surface area (Å²) in [6, 6.07) is 7.76. The van der Waals surface area contributed by atoms with E-state index in [1.807, 2.05) is 0 Å². The number of hydrogen-bond acceptors (Lipinski definition) is 4. The molecule has 0 saturated carbocycles. The number of aromatic nitrogens is 1. The third kappa shape index (κ3) is 4.42. The first-order valence-corrected chi connectivity index (χ1v) is 8.04. The maximum Gasteiger partial charge on any atom is 0.417 e. The number of alkyl halides is 3. The van der Waals surface area contributed by atoms with Gasteiger partial charge < -0.3 is 5.32 Å². The molecule has 0 fully saturated rings. The van der Waals surface area contributed by atoms with Gasteiger partial charge in [-0.05, 0) is 36.8 Å². The first-order chi connectivity index (χ1) is 10.6. The molecule has 0 amide bonds. The van der Waals surface area contributed by atoms with Crippen molar-refractivity contribution in [2.24, 2.45) is 5.14 Å². The number of nitrogens with one attached hydrogen (secondary N) is 1. The molecule has 9 heteroatoms. The Hall–Kier alpha value is -2.13. The van der Waals surface area contributed by atoms with E-state index in [4.69, 9.17) is 5.14 Å². The van der Waals surface area contributed by atoms with Gasteiger partial charge in [0, 0.05) is 12.2 Å². The van der Waals surface area contributed by atoms with E-state index in [1.54, 1.807) is 19.1 Å². The Labute approximate surface area is 131 Å². The second kappa shape index (κ2) is 6.17. The van der Waals surface area contributed by atoms with Gasteiger partial charge in [-0.25, -0.2) is 18.5 Å². The van der Waals surface area contributed by atoms with Crippen molar-refractivity contribution in [3.05, 3.63) is 53.7 Å². The van der Waals surface area contributed by atoms with Crippen molar-refractivity contribution >= 4 is 15.8 Å². The van der Waals surface area contributed by atoms with Gasteiger partial charge in [-0.15, -0.1) is 0 Å². The highest BCUT2D eigenvalue weighted by molar-refractivity contribution is 7.89. The highest BCUT2D eigenvalue weighted by atomic mass is 32.2. The first kappa shape index (κ1) is 17.2. The van der Waals surface area contributed by atoms with Gasteiger partial charge in [0.1, 0.15) is 5.82 Å². The molecule has 23 heavy (non-hydrogen) atoms. The van der Waals surface area contributed by atoms with Gasteiger partial charge in [0.2, 0.25) is 10.0 Å². The second-order valence-electron chi connectivity index (χ2n) is 4.91. The molecule has 1 atom stereocenters. The topological polar surface area (TPSA) is 85.1 Å². The molecule has 0 radical (unpaired) electrons. The maximum atomic E-state index is 12.5. The van der Waals surface area contributed by atoms with Crippen LogP contribution in [0.25, 0.3) is 0 Å². The Balaban J connectivity index is 2.11. The fraction of sp³-hybridized carbons (Fsp3) is 0.214. The SMILES string of the molecule is C[C@H](Nc1ccc(C(F)(F)F)cn1)c1ccc(S(N)(=O)=O)cc1. The molecule has 3 N–H and O–H groups in total. The van der Waals surface area contributed by atoms with E-state index in [1.165, 1.54) is 18.2 Å². The van der Waals surface area contributed by atoms with Gasteiger partial charge in [-0.1, -0.05) is 12.1 Å². The van der Waals surface area contributed by atoms with Gasteiger partial charge in [-0.2, -0.15) is 13.2 Å². The number of primary sulfonamides is 1. The Morgan fingerprint density at radius 2 is 1.74 bits per heavy atom. The number of rotatable bonds is 4. The molecule has 0 spiro atoms. The average Bonchev–Trinajstić information content (AvgIpc) is 2.46. The molecule has 0 aliphatic carbocycles. The van der Waals surface area contributed by atoms with Gasteiger partial charge in [0.15, 0.2) is 0 Å². The molecule has 1 aromatic carbocycles. The number of benzene rings is 1. The highest BCUT2D eigenvalue weighted by Gasteiger charge is 2.30. The third-order valence-electron chi connectivity index (χ3n) is 3.16. The van der Waals surface area contributed by atoms with Gasteiger partial charge in [0.25, 0.3) is 0 Å². The molecule has 124 valence electrons. The van der Waals surface area contributed by atoms with Crippen molar-refractivity contribution in [2.75, 3.05) is 5.32 Å². The number of anilines is 1. The summed E-state index contributed by atoms with van der Waals surface area (Å²) < 4.78 is 59.7. The summed E-state index contributed by atoms with van der Waals surface area (Å²) in [4.78, 5) is 3.71. The fourth-order valence-electron chi connectivity index (χ4n) is 1.90. The molecular weight excluding hydrogens is 331 g/mol. The number of sulfonamides is 1. The lowest BCUT2D eigenvalue weighted by Gasteiger charge is -2.16. The van der Waals surface area contributed by atoms with Crippen molar-refractivity contribution in [3.63, 3.8) is 0 Å². The molecule has 0 unspecified atom stereocenters. The number of halogens is 3. The zero-order valence-corrected chi connectivity index (χ0v) is 12.8. The van der Waals surface area contributed by atoms with Crippen molar-refractivity contribution in [3.8, 4) is 0 Å². The monoisotopic (exact) mass is 345 g/mol. The molecule has 0 aliphatic heterocycles. The summed E-state index contributed by atoms with van der Waals surface area (Å²) in [6.07, 6.45) is -3.68. The van der Waals surface area contributed by atoms with E-state index >= 15 is 0 Å². The molecule has 2 aromatic rings. The summed E-state index contributed by atoms with van der Waals surface area (Å²) in [5.74, 6) is 0.279. The molecule has 1 heterocycles. The minimum atomic E-state index is -4.43. The van der Waals surface area contributed by atoms with Crippen LogP contribution in [0.15, 0.2) is 47.5 Å². The van der Waals surface area contributed by atoms with Gasteiger partial charge in [0.05, 0.1) is 10.5 Å². The molecular formula is C14H14F3N3O2S. The molecule has 1 aromatic heterocycles. The second-order valence-corrected chi connectivity index (χ2v) is 6.47. The van der Waals surface area contributed by atoms with Crippen LogP contribution in [0.4, 0.5) is 19.0 Å².